The van der Waals surface area contributed by atoms with Crippen molar-refractivity contribution in [1.82, 2.24) is 10.3 Å². The van der Waals surface area contributed by atoms with Gasteiger partial charge in [-0.25, -0.2) is 4.39 Å². The highest BCUT2D eigenvalue weighted by Gasteiger charge is 2.33. The molecule has 2 rings (SSSR count). The van der Waals surface area contributed by atoms with Gasteiger partial charge in [-0.3, -0.25) is 9.78 Å². The standard InChI is InChI=1S/C18H22FIN2O2/c1-4-5-17(23)22-18(2,3)16(10-19)24-14-6-7-15-12(9-14)8-13(20)11-21-15/h6-9,11,16H,4-5,10H2,1-3H3,(H,22,23). The lowest BCUT2D eigenvalue weighted by Crippen LogP contribution is -2.55. The van der Waals surface area contributed by atoms with Gasteiger partial charge in [0.1, 0.15) is 18.5 Å². The van der Waals surface area contributed by atoms with Gasteiger partial charge in [-0.2, -0.15) is 0 Å². The van der Waals surface area contributed by atoms with Gasteiger partial charge in [-0.05, 0) is 67.1 Å². The summed E-state index contributed by atoms with van der Waals surface area (Å²) in [6.45, 7) is 4.79. The number of halogens is 2. The Morgan fingerprint density at radius 1 is 1.42 bits per heavy atom. The molecule has 0 aliphatic carbocycles. The molecule has 0 bridgehead atoms. The van der Waals surface area contributed by atoms with Gasteiger partial charge >= 0.3 is 0 Å². The number of nitrogens with one attached hydrogen (secondary N) is 1. The summed E-state index contributed by atoms with van der Waals surface area (Å²) in [5, 5.41) is 3.79. The van der Waals surface area contributed by atoms with Crippen molar-refractivity contribution in [3.05, 3.63) is 34.0 Å². The predicted molar refractivity (Wildman–Crippen MR) is 102 cm³/mol. The van der Waals surface area contributed by atoms with Crippen LogP contribution in [0, 0.1) is 3.57 Å². The lowest BCUT2D eigenvalue weighted by molar-refractivity contribution is -0.124. The molecule has 0 spiro atoms. The Morgan fingerprint density at radius 2 is 2.17 bits per heavy atom. The quantitative estimate of drug-likeness (QED) is 0.650. The molecule has 0 aliphatic rings. The van der Waals surface area contributed by atoms with E-state index in [0.717, 1.165) is 20.9 Å². The smallest absolute Gasteiger partial charge is 0.220 e. The van der Waals surface area contributed by atoms with E-state index < -0.39 is 18.3 Å². The third-order valence-electron chi connectivity index (χ3n) is 3.78. The topological polar surface area (TPSA) is 51.2 Å². The fourth-order valence-corrected chi connectivity index (χ4v) is 2.90. The first-order chi connectivity index (χ1) is 11.4. The number of hydrogen-bond donors (Lipinski definition) is 1. The lowest BCUT2D eigenvalue weighted by atomic mass is 9.97. The number of benzene rings is 1. The van der Waals surface area contributed by atoms with Gasteiger partial charge < -0.3 is 10.1 Å². The number of carbonyl (C=O) groups excluding carboxylic acids is 1. The largest absolute Gasteiger partial charge is 0.485 e. The van der Waals surface area contributed by atoms with Crippen LogP contribution in [0.25, 0.3) is 10.9 Å². The Morgan fingerprint density at radius 3 is 2.83 bits per heavy atom. The number of carbonyl (C=O) groups is 1. The van der Waals surface area contributed by atoms with E-state index in [1.807, 2.05) is 25.1 Å². The Labute approximate surface area is 155 Å². The highest BCUT2D eigenvalue weighted by atomic mass is 127. The molecule has 1 aromatic heterocycles. The van der Waals surface area contributed by atoms with Crippen molar-refractivity contribution < 1.29 is 13.9 Å². The predicted octanol–water partition coefficient (Wildman–Crippen LogP) is 4.25. The number of hydrogen-bond acceptors (Lipinski definition) is 3. The number of aromatic nitrogens is 1. The van der Waals surface area contributed by atoms with Crippen LogP contribution in [0.3, 0.4) is 0 Å². The second kappa shape index (κ2) is 8.09. The lowest BCUT2D eigenvalue weighted by Gasteiger charge is -2.33. The maximum atomic E-state index is 13.6. The molecule has 0 aliphatic heterocycles. The first kappa shape index (κ1) is 18.9. The second-order valence-corrected chi connectivity index (χ2v) is 7.53. The van der Waals surface area contributed by atoms with Crippen molar-refractivity contribution in [2.24, 2.45) is 0 Å². The van der Waals surface area contributed by atoms with Crippen LogP contribution in [-0.4, -0.2) is 29.2 Å². The van der Waals surface area contributed by atoms with Crippen molar-refractivity contribution in [1.29, 1.82) is 0 Å². The van der Waals surface area contributed by atoms with Crippen LogP contribution < -0.4 is 10.1 Å². The summed E-state index contributed by atoms with van der Waals surface area (Å²) in [4.78, 5) is 16.2. The Bertz CT molecular complexity index is 721. The minimum Gasteiger partial charge on any atom is -0.485 e. The van der Waals surface area contributed by atoms with E-state index in [9.17, 15) is 9.18 Å². The van der Waals surface area contributed by atoms with Crippen molar-refractivity contribution in [3.8, 4) is 5.75 Å². The molecule has 24 heavy (non-hydrogen) atoms. The summed E-state index contributed by atoms with van der Waals surface area (Å²) >= 11 is 2.20. The molecule has 0 saturated carbocycles. The Balaban J connectivity index is 2.18. The fourth-order valence-electron chi connectivity index (χ4n) is 2.42. The Kier molecular flexibility index (Phi) is 6.37. The third kappa shape index (κ3) is 4.78. The molecule has 1 N–H and O–H groups in total. The SMILES string of the molecule is CCCC(=O)NC(C)(C)C(CF)Oc1ccc2ncc(I)cc2c1. The number of alkyl halides is 1. The Hall–Kier alpha value is -1.44. The molecule has 0 saturated heterocycles. The van der Waals surface area contributed by atoms with Crippen LogP contribution in [0.2, 0.25) is 0 Å². The maximum Gasteiger partial charge on any atom is 0.220 e. The van der Waals surface area contributed by atoms with Gasteiger partial charge in [-0.15, -0.1) is 0 Å². The number of ether oxygens (including phenoxy) is 1. The van der Waals surface area contributed by atoms with E-state index in [1.165, 1.54) is 0 Å². The van der Waals surface area contributed by atoms with Crippen molar-refractivity contribution in [2.45, 2.75) is 45.3 Å². The number of nitrogens with zero attached hydrogens (tertiary/aromatic N) is 1. The molecule has 1 unspecified atom stereocenters. The van der Waals surface area contributed by atoms with E-state index >= 15 is 0 Å². The minimum absolute atomic E-state index is 0.0955. The molecule has 6 heteroatoms. The van der Waals surface area contributed by atoms with Crippen LogP contribution in [0.1, 0.15) is 33.6 Å². The molecule has 1 heterocycles. The molecule has 0 fully saturated rings. The zero-order valence-corrected chi connectivity index (χ0v) is 16.3. The third-order valence-corrected chi connectivity index (χ3v) is 4.37. The number of fused-ring (bicyclic) bond motifs is 1. The molecule has 2 aromatic rings. The number of rotatable bonds is 7. The van der Waals surface area contributed by atoms with Gasteiger partial charge in [0.15, 0.2) is 0 Å². The van der Waals surface area contributed by atoms with Crippen molar-refractivity contribution >= 4 is 39.4 Å². The van der Waals surface area contributed by atoms with Gasteiger partial charge in [0.05, 0.1) is 11.1 Å². The van der Waals surface area contributed by atoms with Gasteiger partial charge in [-0.1, -0.05) is 6.92 Å². The summed E-state index contributed by atoms with van der Waals surface area (Å²) < 4.78 is 20.4. The van der Waals surface area contributed by atoms with E-state index in [4.69, 9.17) is 4.74 Å². The van der Waals surface area contributed by atoms with E-state index in [0.29, 0.717) is 12.2 Å². The van der Waals surface area contributed by atoms with Crippen LogP contribution in [0.4, 0.5) is 4.39 Å². The highest BCUT2D eigenvalue weighted by molar-refractivity contribution is 14.1. The molecule has 1 amide bonds. The fraction of sp³-hybridized carbons (Fsp3) is 0.444. The number of pyridine rings is 1. The summed E-state index contributed by atoms with van der Waals surface area (Å²) in [6.07, 6.45) is 2.19. The van der Waals surface area contributed by atoms with E-state index in [1.54, 1.807) is 26.1 Å². The zero-order chi connectivity index (χ0) is 17.7. The average molecular weight is 444 g/mol. The normalized spacial score (nSPS) is 12.9. The molecular formula is C18H22FIN2O2. The molecule has 4 nitrogen and oxygen atoms in total. The average Bonchev–Trinajstić information content (AvgIpc) is 2.51. The maximum absolute atomic E-state index is 13.6. The van der Waals surface area contributed by atoms with Gasteiger partial charge in [0.25, 0.3) is 0 Å². The van der Waals surface area contributed by atoms with Crippen LogP contribution in [-0.2, 0) is 4.79 Å². The molecule has 1 aromatic carbocycles. The van der Waals surface area contributed by atoms with Crippen LogP contribution in [0.15, 0.2) is 30.5 Å². The molecule has 1 atom stereocenters. The first-order valence-electron chi connectivity index (χ1n) is 7.94. The van der Waals surface area contributed by atoms with Crippen LogP contribution >= 0.6 is 22.6 Å². The van der Waals surface area contributed by atoms with Crippen LogP contribution in [0.5, 0.6) is 5.75 Å². The number of amides is 1. The zero-order valence-electron chi connectivity index (χ0n) is 14.1. The highest BCUT2D eigenvalue weighted by Crippen LogP contribution is 2.24. The van der Waals surface area contributed by atoms with E-state index in [2.05, 4.69) is 32.9 Å². The molecule has 130 valence electrons. The van der Waals surface area contributed by atoms with Crippen molar-refractivity contribution in [2.75, 3.05) is 6.67 Å². The molecular weight excluding hydrogens is 422 g/mol. The first-order valence-corrected chi connectivity index (χ1v) is 9.02. The van der Waals surface area contributed by atoms with E-state index in [-0.39, 0.29) is 5.91 Å². The second-order valence-electron chi connectivity index (χ2n) is 6.29. The summed E-state index contributed by atoms with van der Waals surface area (Å²) in [5.41, 5.74) is 0.0503. The minimum atomic E-state index is -0.806. The monoisotopic (exact) mass is 444 g/mol. The summed E-state index contributed by atoms with van der Waals surface area (Å²) in [7, 11) is 0. The summed E-state index contributed by atoms with van der Waals surface area (Å²) in [5.74, 6) is 0.466. The van der Waals surface area contributed by atoms with Gasteiger partial charge in [0, 0.05) is 21.6 Å². The molecule has 0 radical (unpaired) electrons. The summed E-state index contributed by atoms with van der Waals surface area (Å²) in [6, 6.07) is 7.46. The van der Waals surface area contributed by atoms with Gasteiger partial charge in [0.2, 0.25) is 5.91 Å². The van der Waals surface area contributed by atoms with Crippen molar-refractivity contribution in [3.63, 3.8) is 0 Å².